The van der Waals surface area contributed by atoms with E-state index in [2.05, 4.69) is 10.4 Å². The number of halogens is 1. The third-order valence-corrected chi connectivity index (χ3v) is 8.99. The van der Waals surface area contributed by atoms with Crippen LogP contribution >= 0.6 is 7.60 Å². The summed E-state index contributed by atoms with van der Waals surface area (Å²) >= 11 is 0. The highest BCUT2D eigenvalue weighted by atomic mass is 31.2. The number of carbonyl (C=O) groups is 1. The van der Waals surface area contributed by atoms with E-state index in [4.69, 9.17) is 13.8 Å². The average Bonchev–Trinajstić information content (AvgIpc) is 3.45. The van der Waals surface area contributed by atoms with Crippen molar-refractivity contribution in [1.82, 2.24) is 15.1 Å². The zero-order valence-electron chi connectivity index (χ0n) is 23.5. The summed E-state index contributed by atoms with van der Waals surface area (Å²) in [6.07, 6.45) is 0. The third-order valence-electron chi connectivity index (χ3n) is 6.71. The highest BCUT2D eigenvalue weighted by Crippen LogP contribution is 2.60. The van der Waals surface area contributed by atoms with Crippen LogP contribution in [0.2, 0.25) is 0 Å². The summed E-state index contributed by atoms with van der Waals surface area (Å²) in [7, 11) is -2.42. The maximum absolute atomic E-state index is 14.1. The molecule has 0 aliphatic heterocycles. The van der Waals surface area contributed by atoms with Crippen LogP contribution in [0.25, 0.3) is 27.7 Å². The maximum Gasteiger partial charge on any atom is 0.357 e. The van der Waals surface area contributed by atoms with Crippen LogP contribution in [0.3, 0.4) is 0 Å². The fourth-order valence-electron chi connectivity index (χ4n) is 4.88. The molecule has 4 aromatic carbocycles. The second-order valence-corrected chi connectivity index (χ2v) is 11.4. The lowest BCUT2D eigenvalue weighted by atomic mass is 10.0. The van der Waals surface area contributed by atoms with Gasteiger partial charge in [-0.2, -0.15) is 5.10 Å². The van der Waals surface area contributed by atoms with Crippen LogP contribution in [0, 0.1) is 5.82 Å². The molecule has 5 rings (SSSR count). The van der Waals surface area contributed by atoms with Crippen LogP contribution in [0.5, 0.6) is 5.75 Å². The Morgan fingerprint density at radius 2 is 1.60 bits per heavy atom. The number of carbonyl (C=O) groups excluding carboxylic acids is 1. The van der Waals surface area contributed by atoms with Gasteiger partial charge in [0.2, 0.25) is 0 Å². The van der Waals surface area contributed by atoms with Crippen molar-refractivity contribution in [3.05, 3.63) is 114 Å². The van der Waals surface area contributed by atoms with Crippen molar-refractivity contribution in [2.75, 3.05) is 20.3 Å². The van der Waals surface area contributed by atoms with E-state index in [0.717, 1.165) is 16.3 Å². The van der Waals surface area contributed by atoms with E-state index in [1.54, 1.807) is 61.0 Å². The number of amides is 1. The summed E-state index contributed by atoms with van der Waals surface area (Å²) in [5, 5.41) is 9.46. The lowest BCUT2D eigenvalue weighted by Gasteiger charge is -2.28. The number of ether oxygens (including phenoxy) is 1. The molecule has 0 saturated heterocycles. The molecule has 1 atom stereocenters. The monoisotopic (exact) mass is 587 g/mol. The Hall–Kier alpha value is -4.30. The van der Waals surface area contributed by atoms with E-state index in [1.807, 2.05) is 42.5 Å². The first-order valence-electron chi connectivity index (χ1n) is 13.5. The molecule has 1 aromatic heterocycles. The zero-order chi connectivity index (χ0) is 29.7. The number of para-hydroxylation sites is 1. The normalized spacial score (nSPS) is 12.3. The van der Waals surface area contributed by atoms with Crippen LogP contribution in [0.15, 0.2) is 97.1 Å². The molecular weight excluding hydrogens is 556 g/mol. The predicted molar refractivity (Wildman–Crippen MR) is 161 cm³/mol. The van der Waals surface area contributed by atoms with Gasteiger partial charge in [-0.25, -0.2) is 9.07 Å². The number of rotatable bonds is 11. The van der Waals surface area contributed by atoms with Gasteiger partial charge in [-0.05, 0) is 61.0 Å². The lowest BCUT2D eigenvalue weighted by Crippen LogP contribution is -2.30. The van der Waals surface area contributed by atoms with Crippen molar-refractivity contribution in [1.29, 1.82) is 0 Å². The Morgan fingerprint density at radius 3 is 2.31 bits per heavy atom. The molecule has 0 radical (unpaired) electrons. The van der Waals surface area contributed by atoms with Crippen molar-refractivity contribution in [3.8, 4) is 22.7 Å². The quantitative estimate of drug-likeness (QED) is 0.161. The standard InChI is InChI=1S/C32H31FN3O5P/c1-4-40-42(38,41-5-2)32(27-14-8-9-16-30(27)39-3)34-31(37)28-21-29(36(35-28)24-19-17-23(33)18-20-24)26-15-10-12-22-11-6-7-13-25(22)26/h6-21,32H,4-5H2,1-3H3,(H,34,37). The maximum atomic E-state index is 14.1. The van der Waals surface area contributed by atoms with E-state index in [1.165, 1.54) is 19.2 Å². The zero-order valence-corrected chi connectivity index (χ0v) is 24.4. The van der Waals surface area contributed by atoms with Gasteiger partial charge < -0.3 is 19.1 Å². The molecule has 216 valence electrons. The van der Waals surface area contributed by atoms with E-state index >= 15 is 0 Å². The van der Waals surface area contributed by atoms with Crippen molar-refractivity contribution in [2.24, 2.45) is 0 Å². The first-order valence-corrected chi connectivity index (χ1v) is 15.2. The lowest BCUT2D eigenvalue weighted by molar-refractivity contribution is 0.0931. The van der Waals surface area contributed by atoms with E-state index in [9.17, 15) is 13.8 Å². The van der Waals surface area contributed by atoms with Crippen molar-refractivity contribution in [2.45, 2.75) is 19.6 Å². The van der Waals surface area contributed by atoms with Crippen molar-refractivity contribution in [3.63, 3.8) is 0 Å². The van der Waals surface area contributed by atoms with Gasteiger partial charge in [0, 0.05) is 11.1 Å². The van der Waals surface area contributed by atoms with Crippen LogP contribution in [0.4, 0.5) is 4.39 Å². The number of benzene rings is 4. The molecule has 42 heavy (non-hydrogen) atoms. The molecule has 0 aliphatic carbocycles. The number of hydrogen-bond donors (Lipinski definition) is 1. The van der Waals surface area contributed by atoms with Gasteiger partial charge in [0.15, 0.2) is 11.5 Å². The summed E-state index contributed by atoms with van der Waals surface area (Å²) in [6.45, 7) is 3.60. The van der Waals surface area contributed by atoms with Gasteiger partial charge in [0.05, 0.1) is 31.7 Å². The van der Waals surface area contributed by atoms with Crippen LogP contribution in [-0.2, 0) is 13.6 Å². The summed E-state index contributed by atoms with van der Waals surface area (Å²) in [4.78, 5) is 13.9. The summed E-state index contributed by atoms with van der Waals surface area (Å²) in [6, 6.07) is 28.2. The van der Waals surface area contributed by atoms with E-state index in [-0.39, 0.29) is 18.9 Å². The average molecular weight is 588 g/mol. The second kappa shape index (κ2) is 12.7. The minimum absolute atomic E-state index is 0.0571. The molecule has 8 nitrogen and oxygen atoms in total. The molecule has 1 N–H and O–H groups in total. The highest BCUT2D eigenvalue weighted by Gasteiger charge is 2.40. The largest absolute Gasteiger partial charge is 0.496 e. The van der Waals surface area contributed by atoms with Gasteiger partial charge >= 0.3 is 7.60 Å². The minimum atomic E-state index is -3.91. The first-order chi connectivity index (χ1) is 20.4. The fourth-order valence-corrected chi connectivity index (χ4v) is 6.80. The Labute approximate surface area is 243 Å². The second-order valence-electron chi connectivity index (χ2n) is 9.32. The van der Waals surface area contributed by atoms with Gasteiger partial charge in [0.1, 0.15) is 11.6 Å². The van der Waals surface area contributed by atoms with Crippen LogP contribution < -0.4 is 10.1 Å². The Bertz CT molecular complexity index is 1740. The molecule has 1 amide bonds. The van der Waals surface area contributed by atoms with Crippen LogP contribution in [0.1, 0.15) is 35.7 Å². The van der Waals surface area contributed by atoms with Crippen molar-refractivity contribution >= 4 is 24.3 Å². The van der Waals surface area contributed by atoms with Gasteiger partial charge in [-0.3, -0.25) is 9.36 Å². The molecule has 10 heteroatoms. The molecular formula is C32H31FN3O5P. The molecule has 0 aliphatic rings. The number of nitrogens with one attached hydrogen (secondary N) is 1. The molecule has 1 unspecified atom stereocenters. The smallest absolute Gasteiger partial charge is 0.357 e. The topological polar surface area (TPSA) is 91.7 Å². The number of aromatic nitrogens is 2. The Kier molecular flexibility index (Phi) is 8.83. The number of nitrogens with zero attached hydrogens (tertiary/aromatic N) is 2. The fraction of sp³-hybridized carbons (Fsp3) is 0.188. The van der Waals surface area contributed by atoms with Gasteiger partial charge in [-0.15, -0.1) is 0 Å². The number of methoxy groups -OCH3 is 1. The predicted octanol–water partition coefficient (Wildman–Crippen LogP) is 7.53. The molecule has 5 aromatic rings. The van der Waals surface area contributed by atoms with Gasteiger partial charge in [0.25, 0.3) is 5.91 Å². The number of fused-ring (bicyclic) bond motifs is 1. The van der Waals surface area contributed by atoms with E-state index in [0.29, 0.717) is 22.7 Å². The third kappa shape index (κ3) is 5.85. The summed E-state index contributed by atoms with van der Waals surface area (Å²) in [5.74, 6) is -1.76. The summed E-state index contributed by atoms with van der Waals surface area (Å²) < 4.78 is 46.3. The molecule has 1 heterocycles. The highest BCUT2D eigenvalue weighted by molar-refractivity contribution is 7.54. The van der Waals surface area contributed by atoms with E-state index < -0.39 is 25.1 Å². The summed E-state index contributed by atoms with van der Waals surface area (Å²) in [5.41, 5.74) is 2.51. The Morgan fingerprint density at radius 1 is 0.929 bits per heavy atom. The molecule has 0 spiro atoms. The number of hydrogen-bond acceptors (Lipinski definition) is 6. The Balaban J connectivity index is 1.63. The molecule has 0 fully saturated rings. The minimum Gasteiger partial charge on any atom is -0.496 e. The SMILES string of the molecule is CCOP(=O)(OCC)C(NC(=O)c1cc(-c2cccc3ccccc23)n(-c2ccc(F)cc2)n1)c1ccccc1OC. The molecule has 0 bridgehead atoms. The molecule has 0 saturated carbocycles. The van der Waals surface area contributed by atoms with Crippen LogP contribution in [-0.4, -0.2) is 36.0 Å². The first kappa shape index (κ1) is 29.2. The van der Waals surface area contributed by atoms with Gasteiger partial charge in [-0.1, -0.05) is 60.7 Å². The van der Waals surface area contributed by atoms with Crippen molar-refractivity contribution < 1.29 is 27.5 Å².